The Morgan fingerprint density at radius 2 is 1.97 bits per heavy atom. The van der Waals surface area contributed by atoms with E-state index in [1.165, 1.54) is 29.4 Å². The van der Waals surface area contributed by atoms with Crippen LogP contribution in [0.25, 0.3) is 10.3 Å². The fraction of sp³-hybridized carbons (Fsp3) is 0.450. The van der Waals surface area contributed by atoms with Crippen LogP contribution in [-0.4, -0.2) is 47.4 Å². The number of nitrogens with zero attached hydrogens (tertiary/aromatic N) is 3. The zero-order valence-corrected chi connectivity index (χ0v) is 20.9. The van der Waals surface area contributed by atoms with Crippen LogP contribution in [0, 0.1) is 5.92 Å². The first kappa shape index (κ1) is 24.2. The summed E-state index contributed by atoms with van der Waals surface area (Å²) in [6.07, 6.45) is 1.98. The highest BCUT2D eigenvalue weighted by atomic mass is 35.5. The maximum atomic E-state index is 11.9. The van der Waals surface area contributed by atoms with E-state index in [2.05, 4.69) is 34.1 Å². The molecule has 0 aliphatic rings. The summed E-state index contributed by atoms with van der Waals surface area (Å²) < 4.78 is 24.9. The normalized spacial score (nSPS) is 14.2. The molecule has 1 aromatic carbocycles. The Morgan fingerprint density at radius 1 is 1.23 bits per heavy atom. The van der Waals surface area contributed by atoms with Gasteiger partial charge in [0.25, 0.3) is 0 Å². The van der Waals surface area contributed by atoms with Crippen molar-refractivity contribution in [3.05, 3.63) is 34.3 Å². The quantitative estimate of drug-likeness (QED) is 0.318. The molecular formula is C20H25ClN4O3S3. The molecule has 0 aliphatic carbocycles. The molecule has 11 heteroatoms. The van der Waals surface area contributed by atoms with Crippen molar-refractivity contribution in [2.24, 2.45) is 5.92 Å². The second-order valence-corrected chi connectivity index (χ2v) is 12.6. The molecule has 0 unspecified atom stereocenters. The Morgan fingerprint density at radius 3 is 2.61 bits per heavy atom. The number of aliphatic hydroxyl groups excluding tert-OH is 1. The summed E-state index contributed by atoms with van der Waals surface area (Å²) in [7, 11) is -3.29. The molecule has 2 aromatic heterocycles. The third kappa shape index (κ3) is 6.29. The van der Waals surface area contributed by atoms with Crippen LogP contribution in [0.2, 0.25) is 4.47 Å². The van der Waals surface area contributed by atoms with E-state index in [0.717, 1.165) is 16.7 Å². The van der Waals surface area contributed by atoms with Gasteiger partial charge in [-0.05, 0) is 37.0 Å². The number of halogens is 1. The number of rotatable bonds is 9. The lowest BCUT2D eigenvalue weighted by Gasteiger charge is -2.19. The number of anilines is 1. The molecule has 0 spiro atoms. The number of hydrogen-bond acceptors (Lipinski definition) is 9. The molecule has 0 saturated heterocycles. The number of thiazole rings is 1. The van der Waals surface area contributed by atoms with Gasteiger partial charge in [0, 0.05) is 11.5 Å². The minimum atomic E-state index is -3.29. The molecule has 2 N–H and O–H groups in total. The molecule has 7 nitrogen and oxygen atoms in total. The van der Waals surface area contributed by atoms with Crippen LogP contribution in [0.3, 0.4) is 0 Å². The van der Waals surface area contributed by atoms with Gasteiger partial charge in [-0.2, -0.15) is 0 Å². The monoisotopic (exact) mass is 500 g/mol. The number of aromatic nitrogens is 3. The number of thioether (sulfide) groups is 1. The molecule has 2 atom stereocenters. The Kier molecular flexibility index (Phi) is 7.80. The predicted molar refractivity (Wildman–Crippen MR) is 128 cm³/mol. The summed E-state index contributed by atoms with van der Waals surface area (Å²) in [5.74, 6) is 0.997. The first-order chi connectivity index (χ1) is 14.6. The highest BCUT2D eigenvalue weighted by molar-refractivity contribution is 7.99. The van der Waals surface area contributed by atoms with E-state index in [1.807, 2.05) is 13.0 Å². The minimum Gasteiger partial charge on any atom is -0.394 e. The van der Waals surface area contributed by atoms with Crippen LogP contribution in [0.1, 0.15) is 38.0 Å². The molecule has 0 fully saturated rings. The number of sulfone groups is 1. The van der Waals surface area contributed by atoms with E-state index in [0.29, 0.717) is 27.0 Å². The molecule has 0 saturated carbocycles. The van der Waals surface area contributed by atoms with Gasteiger partial charge in [-0.15, -0.1) is 0 Å². The molecule has 0 aliphatic heterocycles. The van der Waals surface area contributed by atoms with Crippen molar-refractivity contribution in [2.75, 3.05) is 18.2 Å². The molecule has 0 bridgehead atoms. The molecule has 168 valence electrons. The second-order valence-electron chi connectivity index (χ2n) is 7.73. The maximum absolute atomic E-state index is 11.9. The van der Waals surface area contributed by atoms with Crippen molar-refractivity contribution in [1.82, 2.24) is 15.0 Å². The SMILES string of the molecule is CC(C)C[C@H](CO)Nc1nc(S[C@H](C)c2cccc(S(C)(=O)=O)c2)nc2nc(Cl)sc12. The van der Waals surface area contributed by atoms with Crippen LogP contribution < -0.4 is 5.32 Å². The van der Waals surface area contributed by atoms with Gasteiger partial charge in [-0.25, -0.2) is 23.4 Å². The lowest BCUT2D eigenvalue weighted by Crippen LogP contribution is -2.26. The maximum Gasteiger partial charge on any atom is 0.192 e. The molecule has 3 rings (SSSR count). The smallest absolute Gasteiger partial charge is 0.192 e. The topological polar surface area (TPSA) is 105 Å². The molecule has 3 aromatic rings. The Labute approximate surface area is 195 Å². The number of aliphatic hydroxyl groups is 1. The molecule has 0 radical (unpaired) electrons. The standard InChI is InChI=1S/C20H25ClN4O3S3/c1-11(2)8-14(10-26)22-17-16-18(23-19(21)30-16)25-20(24-17)29-12(3)13-6-5-7-15(9-13)31(4,27)28/h5-7,9,11-12,14,26H,8,10H2,1-4H3,(H,22,24,25)/t12-,14-/m1/s1. The Hall–Kier alpha value is -1.46. The van der Waals surface area contributed by atoms with Crippen molar-refractivity contribution >= 4 is 60.7 Å². The van der Waals surface area contributed by atoms with Gasteiger partial charge in [0.1, 0.15) is 4.70 Å². The van der Waals surface area contributed by atoms with Crippen LogP contribution in [0.5, 0.6) is 0 Å². The van der Waals surface area contributed by atoms with Gasteiger partial charge in [-0.3, -0.25) is 0 Å². The fourth-order valence-corrected chi connectivity index (χ4v) is 5.65. The number of benzene rings is 1. The summed E-state index contributed by atoms with van der Waals surface area (Å²) >= 11 is 8.82. The summed E-state index contributed by atoms with van der Waals surface area (Å²) in [6, 6.07) is 6.73. The first-order valence-corrected chi connectivity index (χ1v) is 13.7. The number of nitrogens with one attached hydrogen (secondary N) is 1. The second kappa shape index (κ2) is 9.99. The van der Waals surface area contributed by atoms with E-state index in [4.69, 9.17) is 11.6 Å². The molecule has 0 amide bonds. The van der Waals surface area contributed by atoms with Gasteiger partial charge < -0.3 is 10.4 Å². The zero-order chi connectivity index (χ0) is 22.8. The lowest BCUT2D eigenvalue weighted by molar-refractivity contribution is 0.259. The van der Waals surface area contributed by atoms with Crippen molar-refractivity contribution < 1.29 is 13.5 Å². The van der Waals surface area contributed by atoms with Crippen molar-refractivity contribution in [3.63, 3.8) is 0 Å². The average molecular weight is 501 g/mol. The summed E-state index contributed by atoms with van der Waals surface area (Å²) in [5, 5.41) is 13.5. The van der Waals surface area contributed by atoms with E-state index in [9.17, 15) is 13.5 Å². The third-order valence-corrected chi connectivity index (χ3v) is 7.85. The highest BCUT2D eigenvalue weighted by Gasteiger charge is 2.19. The summed E-state index contributed by atoms with van der Waals surface area (Å²) in [5.41, 5.74) is 1.35. The Bertz CT molecular complexity index is 1170. The van der Waals surface area contributed by atoms with Crippen LogP contribution >= 0.6 is 34.7 Å². The average Bonchev–Trinajstić information content (AvgIpc) is 3.07. The van der Waals surface area contributed by atoms with Crippen molar-refractivity contribution in [3.8, 4) is 0 Å². The molecule has 31 heavy (non-hydrogen) atoms. The summed E-state index contributed by atoms with van der Waals surface area (Å²) in [6.45, 7) is 6.14. The van der Waals surface area contributed by atoms with Gasteiger partial charge in [-0.1, -0.05) is 60.7 Å². The Balaban J connectivity index is 1.92. The van der Waals surface area contributed by atoms with Crippen LogP contribution in [0.4, 0.5) is 5.82 Å². The highest BCUT2D eigenvalue weighted by Crippen LogP contribution is 2.37. The van der Waals surface area contributed by atoms with Crippen LogP contribution in [0.15, 0.2) is 34.3 Å². The largest absolute Gasteiger partial charge is 0.394 e. The molecular weight excluding hydrogens is 476 g/mol. The minimum absolute atomic E-state index is 0.0205. The van der Waals surface area contributed by atoms with Gasteiger partial charge in [0.15, 0.2) is 30.9 Å². The predicted octanol–water partition coefficient (Wildman–Crippen LogP) is 4.82. The van der Waals surface area contributed by atoms with Gasteiger partial charge >= 0.3 is 0 Å². The van der Waals surface area contributed by atoms with E-state index in [-0.39, 0.29) is 22.8 Å². The van der Waals surface area contributed by atoms with E-state index < -0.39 is 9.84 Å². The summed E-state index contributed by atoms with van der Waals surface area (Å²) in [4.78, 5) is 13.8. The van der Waals surface area contributed by atoms with E-state index >= 15 is 0 Å². The fourth-order valence-electron chi connectivity index (χ4n) is 3.09. The van der Waals surface area contributed by atoms with Crippen LogP contribution in [-0.2, 0) is 9.84 Å². The number of fused-ring (bicyclic) bond motifs is 1. The first-order valence-electron chi connectivity index (χ1n) is 9.75. The van der Waals surface area contributed by atoms with Crippen molar-refractivity contribution in [2.45, 2.75) is 48.5 Å². The zero-order valence-electron chi connectivity index (χ0n) is 17.7. The van der Waals surface area contributed by atoms with E-state index in [1.54, 1.807) is 18.2 Å². The number of hydrogen-bond donors (Lipinski definition) is 2. The lowest BCUT2D eigenvalue weighted by atomic mass is 10.0. The van der Waals surface area contributed by atoms with Crippen molar-refractivity contribution in [1.29, 1.82) is 0 Å². The van der Waals surface area contributed by atoms with Gasteiger partial charge in [0.05, 0.1) is 17.5 Å². The molecule has 2 heterocycles. The third-order valence-electron chi connectivity index (χ3n) is 4.56. The van der Waals surface area contributed by atoms with Gasteiger partial charge in [0.2, 0.25) is 0 Å².